The standard InChI is InChI=1S/C14H14FN3O2/c1-17-10-16-18(14(17)20)9-11-5-6-13(15)12(8-11)4-2-3-7-19/h5-6,8,10,19H,3,7,9H2,1H3. The lowest BCUT2D eigenvalue weighted by Gasteiger charge is -2.02. The maximum absolute atomic E-state index is 13.6. The van der Waals surface area contributed by atoms with E-state index < -0.39 is 5.82 Å². The first kappa shape index (κ1) is 14.0. The van der Waals surface area contributed by atoms with E-state index in [0.717, 1.165) is 5.56 Å². The molecular weight excluding hydrogens is 261 g/mol. The van der Waals surface area contributed by atoms with Gasteiger partial charge in [-0.2, -0.15) is 5.10 Å². The van der Waals surface area contributed by atoms with E-state index in [-0.39, 0.29) is 24.4 Å². The minimum atomic E-state index is -0.424. The summed E-state index contributed by atoms with van der Waals surface area (Å²) in [6.45, 7) is 0.201. The molecule has 1 aromatic heterocycles. The molecule has 6 heteroatoms. The van der Waals surface area contributed by atoms with Crippen LogP contribution in [-0.2, 0) is 13.6 Å². The number of halogens is 1. The summed E-state index contributed by atoms with van der Waals surface area (Å²) in [6, 6.07) is 4.49. The van der Waals surface area contributed by atoms with Gasteiger partial charge in [0.1, 0.15) is 12.1 Å². The van der Waals surface area contributed by atoms with E-state index in [4.69, 9.17) is 5.11 Å². The number of hydrogen-bond acceptors (Lipinski definition) is 3. The molecule has 0 amide bonds. The van der Waals surface area contributed by atoms with Crippen molar-refractivity contribution in [3.05, 3.63) is 52.0 Å². The number of aromatic nitrogens is 3. The first-order valence-corrected chi connectivity index (χ1v) is 6.08. The SMILES string of the molecule is Cn1cnn(Cc2ccc(F)c(C#CCCO)c2)c1=O. The highest BCUT2D eigenvalue weighted by Crippen LogP contribution is 2.10. The highest BCUT2D eigenvalue weighted by atomic mass is 19.1. The zero-order chi connectivity index (χ0) is 14.5. The average molecular weight is 275 g/mol. The van der Waals surface area contributed by atoms with Crippen LogP contribution in [0.15, 0.2) is 29.3 Å². The highest BCUT2D eigenvalue weighted by molar-refractivity contribution is 5.38. The third-order valence-corrected chi connectivity index (χ3v) is 2.71. The van der Waals surface area contributed by atoms with Gasteiger partial charge in [0.25, 0.3) is 0 Å². The summed E-state index contributed by atoms with van der Waals surface area (Å²) in [5.74, 6) is 4.91. The Labute approximate surface area is 115 Å². The Morgan fingerprint density at radius 2 is 2.25 bits per heavy atom. The van der Waals surface area contributed by atoms with Crippen molar-refractivity contribution in [1.29, 1.82) is 0 Å². The van der Waals surface area contributed by atoms with Gasteiger partial charge in [-0.3, -0.25) is 4.57 Å². The number of benzene rings is 1. The maximum Gasteiger partial charge on any atom is 0.345 e. The first-order chi connectivity index (χ1) is 9.61. The second-order valence-corrected chi connectivity index (χ2v) is 4.27. The minimum absolute atomic E-state index is 0.0579. The highest BCUT2D eigenvalue weighted by Gasteiger charge is 2.05. The molecule has 1 aromatic carbocycles. The van der Waals surface area contributed by atoms with Crippen molar-refractivity contribution in [2.75, 3.05) is 6.61 Å². The predicted octanol–water partition coefficient (Wildman–Crippen LogP) is 0.503. The first-order valence-electron chi connectivity index (χ1n) is 6.08. The van der Waals surface area contributed by atoms with Gasteiger partial charge in [0.15, 0.2) is 0 Å². The normalized spacial score (nSPS) is 10.2. The van der Waals surface area contributed by atoms with E-state index in [0.29, 0.717) is 6.42 Å². The van der Waals surface area contributed by atoms with Gasteiger partial charge < -0.3 is 5.11 Å². The summed E-state index contributed by atoms with van der Waals surface area (Å²) in [6.07, 6.45) is 1.72. The molecule has 2 rings (SSSR count). The Balaban J connectivity index is 2.26. The number of aliphatic hydroxyl groups is 1. The molecule has 0 saturated heterocycles. The summed E-state index contributed by atoms with van der Waals surface area (Å²) in [4.78, 5) is 11.7. The van der Waals surface area contributed by atoms with Crippen LogP contribution < -0.4 is 5.69 Å². The molecule has 0 fully saturated rings. The second kappa shape index (κ2) is 6.17. The number of hydrogen-bond donors (Lipinski definition) is 1. The number of rotatable bonds is 3. The van der Waals surface area contributed by atoms with E-state index in [9.17, 15) is 9.18 Å². The maximum atomic E-state index is 13.6. The van der Waals surface area contributed by atoms with Crippen LogP contribution in [0.3, 0.4) is 0 Å². The zero-order valence-electron chi connectivity index (χ0n) is 11.0. The summed E-state index contributed by atoms with van der Waals surface area (Å²) in [5, 5.41) is 12.6. The Kier molecular flexibility index (Phi) is 4.33. The lowest BCUT2D eigenvalue weighted by Crippen LogP contribution is -2.23. The van der Waals surface area contributed by atoms with Gasteiger partial charge in [0, 0.05) is 13.5 Å². The Morgan fingerprint density at radius 3 is 2.90 bits per heavy atom. The van der Waals surface area contributed by atoms with Crippen LogP contribution in [0.5, 0.6) is 0 Å². The molecule has 20 heavy (non-hydrogen) atoms. The van der Waals surface area contributed by atoms with Crippen molar-refractivity contribution in [2.45, 2.75) is 13.0 Å². The average Bonchev–Trinajstić information content (AvgIpc) is 2.74. The number of aliphatic hydroxyl groups excluding tert-OH is 1. The molecule has 0 bridgehead atoms. The van der Waals surface area contributed by atoms with Crippen LogP contribution >= 0.6 is 0 Å². The predicted molar refractivity (Wildman–Crippen MR) is 71.6 cm³/mol. The van der Waals surface area contributed by atoms with Gasteiger partial charge in [-0.25, -0.2) is 13.9 Å². The van der Waals surface area contributed by atoms with Gasteiger partial charge in [0.2, 0.25) is 0 Å². The molecule has 0 aliphatic rings. The molecule has 5 nitrogen and oxygen atoms in total. The monoisotopic (exact) mass is 275 g/mol. The van der Waals surface area contributed by atoms with Crippen molar-refractivity contribution in [3.8, 4) is 11.8 Å². The van der Waals surface area contributed by atoms with Crippen molar-refractivity contribution in [1.82, 2.24) is 14.3 Å². The molecule has 0 atom stereocenters. The molecule has 1 heterocycles. The quantitative estimate of drug-likeness (QED) is 0.830. The van der Waals surface area contributed by atoms with Crippen LogP contribution in [0, 0.1) is 17.7 Å². The topological polar surface area (TPSA) is 60.1 Å². The van der Waals surface area contributed by atoms with Gasteiger partial charge in [-0.1, -0.05) is 17.9 Å². The summed E-state index contributed by atoms with van der Waals surface area (Å²) >= 11 is 0. The van der Waals surface area contributed by atoms with Gasteiger partial charge in [0.05, 0.1) is 18.7 Å². The fourth-order valence-electron chi connectivity index (χ4n) is 1.68. The van der Waals surface area contributed by atoms with Crippen LogP contribution in [0.1, 0.15) is 17.5 Å². The largest absolute Gasteiger partial charge is 0.395 e. The van der Waals surface area contributed by atoms with Gasteiger partial charge in [-0.15, -0.1) is 0 Å². The molecule has 1 N–H and O–H groups in total. The van der Waals surface area contributed by atoms with Crippen molar-refractivity contribution < 1.29 is 9.50 Å². The molecule has 0 spiro atoms. The fourth-order valence-corrected chi connectivity index (χ4v) is 1.68. The third-order valence-electron chi connectivity index (χ3n) is 2.71. The van der Waals surface area contributed by atoms with Crippen LogP contribution in [-0.4, -0.2) is 26.1 Å². The third kappa shape index (κ3) is 3.13. The van der Waals surface area contributed by atoms with Crippen LogP contribution in [0.4, 0.5) is 4.39 Å². The number of nitrogens with zero attached hydrogens (tertiary/aromatic N) is 3. The van der Waals surface area contributed by atoms with E-state index >= 15 is 0 Å². The molecule has 0 unspecified atom stereocenters. The molecule has 104 valence electrons. The van der Waals surface area contributed by atoms with Gasteiger partial charge >= 0.3 is 5.69 Å². The Morgan fingerprint density at radius 1 is 1.45 bits per heavy atom. The number of aryl methyl sites for hydroxylation is 1. The van der Waals surface area contributed by atoms with Crippen molar-refractivity contribution in [2.24, 2.45) is 7.05 Å². The Hall–Kier alpha value is -2.39. The molecule has 2 aromatic rings. The van der Waals surface area contributed by atoms with E-state index in [1.165, 1.54) is 21.6 Å². The van der Waals surface area contributed by atoms with Gasteiger partial charge in [-0.05, 0) is 17.7 Å². The summed E-state index contributed by atoms with van der Waals surface area (Å²) < 4.78 is 16.2. The summed E-state index contributed by atoms with van der Waals surface area (Å²) in [5.41, 5.74) is 0.752. The Bertz CT molecular complexity index is 722. The van der Waals surface area contributed by atoms with E-state index in [1.54, 1.807) is 19.2 Å². The van der Waals surface area contributed by atoms with Crippen molar-refractivity contribution >= 4 is 0 Å². The van der Waals surface area contributed by atoms with E-state index in [2.05, 4.69) is 16.9 Å². The lowest BCUT2D eigenvalue weighted by atomic mass is 10.1. The minimum Gasteiger partial charge on any atom is -0.395 e. The summed E-state index contributed by atoms with van der Waals surface area (Å²) in [7, 11) is 1.61. The van der Waals surface area contributed by atoms with Crippen LogP contribution in [0.25, 0.3) is 0 Å². The molecule has 0 radical (unpaired) electrons. The smallest absolute Gasteiger partial charge is 0.345 e. The molecular formula is C14H14FN3O2. The van der Waals surface area contributed by atoms with E-state index in [1.807, 2.05) is 0 Å². The molecule has 0 saturated carbocycles. The molecule has 0 aliphatic carbocycles. The second-order valence-electron chi connectivity index (χ2n) is 4.27. The molecule has 0 aliphatic heterocycles. The van der Waals surface area contributed by atoms with Crippen LogP contribution in [0.2, 0.25) is 0 Å². The lowest BCUT2D eigenvalue weighted by molar-refractivity contribution is 0.305. The fraction of sp³-hybridized carbons (Fsp3) is 0.286. The van der Waals surface area contributed by atoms with Crippen molar-refractivity contribution in [3.63, 3.8) is 0 Å². The zero-order valence-corrected chi connectivity index (χ0v) is 11.0.